The van der Waals surface area contributed by atoms with Crippen molar-refractivity contribution in [1.29, 1.82) is 0 Å². The van der Waals surface area contributed by atoms with Gasteiger partial charge in [-0.15, -0.1) is 0 Å². The lowest BCUT2D eigenvalue weighted by molar-refractivity contribution is -0.131. The zero-order valence-corrected chi connectivity index (χ0v) is 24.9. The number of benzene rings is 2. The van der Waals surface area contributed by atoms with Gasteiger partial charge in [0.1, 0.15) is 11.3 Å². The minimum absolute atomic E-state index is 0.262. The number of nitrogens with one attached hydrogen (secondary N) is 2. The molecule has 0 bridgehead atoms. The number of nitrogens with zero attached hydrogens (tertiary/aromatic N) is 2. The molecule has 0 saturated heterocycles. The Balaban J connectivity index is 1.26. The lowest BCUT2D eigenvalue weighted by atomic mass is 9.75. The first-order valence-electron chi connectivity index (χ1n) is 15.1. The Morgan fingerprint density at radius 3 is 2.39 bits per heavy atom. The molecule has 226 valence electrons. The van der Waals surface area contributed by atoms with Crippen LogP contribution in [0.3, 0.4) is 0 Å². The van der Waals surface area contributed by atoms with E-state index >= 15 is 0 Å². The topological polar surface area (TPSA) is 123 Å². The second kappa shape index (κ2) is 12.0. The van der Waals surface area contributed by atoms with E-state index < -0.39 is 11.5 Å². The van der Waals surface area contributed by atoms with Crippen molar-refractivity contribution in [3.8, 4) is 17.1 Å². The highest BCUT2D eigenvalue weighted by Gasteiger charge is 2.45. The van der Waals surface area contributed by atoms with Gasteiger partial charge in [0.15, 0.2) is 0 Å². The minimum atomic E-state index is -1.03. The highest BCUT2D eigenvalue weighted by Crippen LogP contribution is 2.44. The van der Waals surface area contributed by atoms with Crippen LogP contribution in [0.5, 0.6) is 5.75 Å². The van der Waals surface area contributed by atoms with Crippen molar-refractivity contribution < 1.29 is 24.2 Å². The van der Waals surface area contributed by atoms with Gasteiger partial charge in [-0.3, -0.25) is 14.6 Å². The Hall–Kier alpha value is -4.92. The summed E-state index contributed by atoms with van der Waals surface area (Å²) in [5, 5.41) is 15.9. The van der Waals surface area contributed by atoms with E-state index in [0.717, 1.165) is 47.6 Å². The van der Waals surface area contributed by atoms with Crippen LogP contribution >= 0.6 is 0 Å². The number of amides is 2. The normalized spacial score (nSPS) is 16.1. The number of aryl methyl sites for hydroxylation is 1. The van der Waals surface area contributed by atoms with Gasteiger partial charge in [-0.25, -0.2) is 4.79 Å². The lowest BCUT2D eigenvalue weighted by Crippen LogP contribution is -2.61. The number of carboxylic acids is 1. The standard InChI is InChI=1S/C35H36N4O5/c1-39-29-20-24(11-15-27(29)31(23-6-3-4-7-23)32(39)28-16-14-26(44-2)21-36-28)33(42)38-35(18-5-19-35)34(43)37-25-12-8-22(9-13-25)10-17-30(40)41/h8-17,20-21,23H,3-7,18-19H2,1-2H3,(H,37,43)(H,38,42)(H,40,41)/b17-10+. The summed E-state index contributed by atoms with van der Waals surface area (Å²) in [4.78, 5) is 42.5. The van der Waals surface area contributed by atoms with E-state index in [2.05, 4.69) is 15.2 Å². The predicted molar refractivity (Wildman–Crippen MR) is 170 cm³/mol. The molecule has 9 nitrogen and oxygen atoms in total. The van der Waals surface area contributed by atoms with Gasteiger partial charge in [0.05, 0.1) is 24.7 Å². The first kappa shape index (κ1) is 29.2. The third-order valence-corrected chi connectivity index (χ3v) is 9.06. The van der Waals surface area contributed by atoms with E-state index in [9.17, 15) is 14.4 Å². The molecule has 9 heteroatoms. The Morgan fingerprint density at radius 1 is 1.02 bits per heavy atom. The summed E-state index contributed by atoms with van der Waals surface area (Å²) < 4.78 is 7.46. The Kier molecular flexibility index (Phi) is 7.95. The summed E-state index contributed by atoms with van der Waals surface area (Å²) in [5.41, 5.74) is 4.96. The first-order valence-corrected chi connectivity index (χ1v) is 15.1. The zero-order chi connectivity index (χ0) is 30.8. The molecule has 0 spiro atoms. The fourth-order valence-corrected chi connectivity index (χ4v) is 6.51. The van der Waals surface area contributed by atoms with Crippen LogP contribution in [0.1, 0.15) is 72.3 Å². The molecule has 2 aromatic carbocycles. The first-order chi connectivity index (χ1) is 21.3. The number of aliphatic carboxylic acids is 1. The molecule has 0 radical (unpaired) electrons. The van der Waals surface area contributed by atoms with Crippen LogP contribution in [0.4, 0.5) is 5.69 Å². The fraction of sp³-hybridized carbons (Fsp3) is 0.314. The second-order valence-electron chi connectivity index (χ2n) is 11.8. The molecule has 2 aliphatic rings. The molecule has 2 saturated carbocycles. The minimum Gasteiger partial charge on any atom is -0.495 e. The molecule has 2 fully saturated rings. The SMILES string of the molecule is COc1ccc(-c2c(C3CCCC3)c3ccc(C(=O)NC4(C(=O)Nc5ccc(/C=C/C(=O)O)cc5)CCC4)cc3n2C)nc1. The van der Waals surface area contributed by atoms with Crippen molar-refractivity contribution in [2.24, 2.45) is 7.05 Å². The molecule has 3 N–H and O–H groups in total. The summed E-state index contributed by atoms with van der Waals surface area (Å²) in [5.74, 6) is -0.444. The van der Waals surface area contributed by atoms with Crippen molar-refractivity contribution in [2.75, 3.05) is 12.4 Å². The van der Waals surface area contributed by atoms with Gasteiger partial charge in [0, 0.05) is 35.3 Å². The average molecular weight is 593 g/mol. The maximum atomic E-state index is 13.6. The molecule has 44 heavy (non-hydrogen) atoms. The number of ether oxygens (including phenoxy) is 1. The van der Waals surface area contributed by atoms with Crippen LogP contribution in [0.2, 0.25) is 0 Å². The van der Waals surface area contributed by atoms with Gasteiger partial charge < -0.3 is 25.0 Å². The number of anilines is 1. The quantitative estimate of drug-likeness (QED) is 0.196. The molecule has 2 amide bonds. The molecular formula is C35H36N4O5. The van der Waals surface area contributed by atoms with Gasteiger partial charge in [0.2, 0.25) is 5.91 Å². The summed E-state index contributed by atoms with van der Waals surface area (Å²) in [6.07, 6.45) is 10.9. The predicted octanol–water partition coefficient (Wildman–Crippen LogP) is 6.30. The number of carboxylic acid groups (broad SMARTS) is 1. The zero-order valence-electron chi connectivity index (χ0n) is 24.9. The van der Waals surface area contributed by atoms with Crippen molar-refractivity contribution >= 4 is 40.4 Å². The van der Waals surface area contributed by atoms with Gasteiger partial charge in [-0.2, -0.15) is 0 Å². The summed E-state index contributed by atoms with van der Waals surface area (Å²) in [7, 11) is 3.65. The Morgan fingerprint density at radius 2 is 1.77 bits per heavy atom. The third kappa shape index (κ3) is 5.57. The summed E-state index contributed by atoms with van der Waals surface area (Å²) in [6.45, 7) is 0. The van der Waals surface area contributed by atoms with E-state index in [-0.39, 0.29) is 11.8 Å². The molecule has 6 rings (SSSR count). The number of pyridine rings is 1. The molecule has 2 heterocycles. The number of methoxy groups -OCH3 is 1. The van der Waals surface area contributed by atoms with Gasteiger partial charge in [-0.05, 0) is 91.6 Å². The number of fused-ring (bicyclic) bond motifs is 1. The van der Waals surface area contributed by atoms with Crippen molar-refractivity contribution in [3.05, 3.63) is 83.6 Å². The molecule has 0 atom stereocenters. The number of carbonyl (C=O) groups excluding carboxylic acids is 2. The molecule has 4 aromatic rings. The van der Waals surface area contributed by atoms with Gasteiger partial charge in [-0.1, -0.05) is 31.0 Å². The van der Waals surface area contributed by atoms with Crippen LogP contribution in [0.25, 0.3) is 28.4 Å². The van der Waals surface area contributed by atoms with E-state index in [0.29, 0.717) is 41.3 Å². The molecule has 2 aromatic heterocycles. The number of hydrogen-bond donors (Lipinski definition) is 3. The summed E-state index contributed by atoms with van der Waals surface area (Å²) in [6, 6.07) is 16.6. The van der Waals surface area contributed by atoms with E-state index in [1.807, 2.05) is 37.4 Å². The van der Waals surface area contributed by atoms with E-state index in [4.69, 9.17) is 14.8 Å². The number of hydrogen-bond acceptors (Lipinski definition) is 5. The average Bonchev–Trinajstić information content (AvgIpc) is 3.64. The Labute approximate surface area is 255 Å². The number of rotatable bonds is 9. The van der Waals surface area contributed by atoms with Gasteiger partial charge in [0.25, 0.3) is 5.91 Å². The highest BCUT2D eigenvalue weighted by molar-refractivity contribution is 6.06. The fourth-order valence-electron chi connectivity index (χ4n) is 6.51. The lowest BCUT2D eigenvalue weighted by Gasteiger charge is -2.40. The number of aromatic nitrogens is 2. The molecular weight excluding hydrogens is 556 g/mol. The van der Waals surface area contributed by atoms with Crippen molar-refractivity contribution in [1.82, 2.24) is 14.9 Å². The molecule has 0 aliphatic heterocycles. The van der Waals surface area contributed by atoms with Gasteiger partial charge >= 0.3 is 5.97 Å². The Bertz CT molecular complexity index is 1740. The maximum absolute atomic E-state index is 13.6. The van der Waals surface area contributed by atoms with Crippen LogP contribution in [0.15, 0.2) is 66.9 Å². The van der Waals surface area contributed by atoms with E-state index in [1.165, 1.54) is 24.5 Å². The van der Waals surface area contributed by atoms with Crippen molar-refractivity contribution in [3.63, 3.8) is 0 Å². The van der Waals surface area contributed by atoms with Crippen LogP contribution < -0.4 is 15.4 Å². The monoisotopic (exact) mass is 592 g/mol. The molecule has 0 unspecified atom stereocenters. The largest absolute Gasteiger partial charge is 0.495 e. The third-order valence-electron chi connectivity index (χ3n) is 9.06. The molecule has 2 aliphatic carbocycles. The number of carbonyl (C=O) groups is 3. The highest BCUT2D eigenvalue weighted by atomic mass is 16.5. The maximum Gasteiger partial charge on any atom is 0.328 e. The van der Waals surface area contributed by atoms with E-state index in [1.54, 1.807) is 37.6 Å². The van der Waals surface area contributed by atoms with Crippen LogP contribution in [-0.2, 0) is 16.6 Å². The van der Waals surface area contributed by atoms with Crippen LogP contribution in [0, 0.1) is 0 Å². The van der Waals surface area contributed by atoms with Crippen molar-refractivity contribution in [2.45, 2.75) is 56.4 Å². The second-order valence-corrected chi connectivity index (χ2v) is 11.8. The smallest absolute Gasteiger partial charge is 0.328 e. The van der Waals surface area contributed by atoms with Crippen LogP contribution in [-0.4, -0.2) is 45.1 Å². The summed E-state index contributed by atoms with van der Waals surface area (Å²) >= 11 is 0.